The van der Waals surface area contributed by atoms with Gasteiger partial charge in [0, 0.05) is 37.6 Å². The van der Waals surface area contributed by atoms with Gasteiger partial charge in [0.1, 0.15) is 6.54 Å². The molecule has 2 saturated heterocycles. The monoisotopic (exact) mass is 288 g/mol. The summed E-state index contributed by atoms with van der Waals surface area (Å²) in [6.45, 7) is 3.02. The second-order valence-electron chi connectivity index (χ2n) is 5.54. The molecule has 112 valence electrons. The van der Waals surface area contributed by atoms with Crippen LogP contribution in [0, 0.1) is 0 Å². The molecule has 0 bridgehead atoms. The number of hydrogen-bond acceptors (Lipinski definition) is 3. The molecule has 6 heteroatoms. The second-order valence-corrected chi connectivity index (χ2v) is 5.54. The molecule has 2 aliphatic rings. The van der Waals surface area contributed by atoms with Crippen LogP contribution in [0.5, 0.6) is 0 Å². The van der Waals surface area contributed by atoms with Gasteiger partial charge in [0.15, 0.2) is 0 Å². The van der Waals surface area contributed by atoms with Crippen molar-refractivity contribution in [3.63, 3.8) is 0 Å². The summed E-state index contributed by atoms with van der Waals surface area (Å²) in [5.41, 5.74) is 7.16. The van der Waals surface area contributed by atoms with Gasteiger partial charge in [-0.15, -0.1) is 0 Å². The van der Waals surface area contributed by atoms with E-state index in [0.29, 0.717) is 18.8 Å². The van der Waals surface area contributed by atoms with Gasteiger partial charge in [0.2, 0.25) is 5.91 Å². The molecule has 0 spiro atoms. The van der Waals surface area contributed by atoms with E-state index in [1.54, 1.807) is 21.9 Å². The van der Waals surface area contributed by atoms with E-state index in [2.05, 4.69) is 0 Å². The first kappa shape index (κ1) is 13.7. The van der Waals surface area contributed by atoms with E-state index in [1.165, 1.54) is 0 Å². The zero-order chi connectivity index (χ0) is 14.8. The van der Waals surface area contributed by atoms with Crippen LogP contribution < -0.4 is 10.6 Å². The Hall–Kier alpha value is -2.24. The lowest BCUT2D eigenvalue weighted by atomic mass is 10.2. The molecule has 3 amide bonds. The molecule has 2 N–H and O–H groups in total. The molecule has 0 atom stereocenters. The third-order valence-corrected chi connectivity index (χ3v) is 4.08. The van der Waals surface area contributed by atoms with E-state index in [-0.39, 0.29) is 18.5 Å². The SMILES string of the molecule is Nc1ccc(N2CCN(CC(=O)N3CCCC3)C2=O)cc1. The number of carbonyl (C=O) groups is 2. The van der Waals surface area contributed by atoms with Crippen LogP contribution in [-0.2, 0) is 4.79 Å². The number of benzene rings is 1. The van der Waals surface area contributed by atoms with Crippen LogP contribution in [0.4, 0.5) is 16.2 Å². The molecule has 1 aromatic carbocycles. The van der Waals surface area contributed by atoms with Crippen LogP contribution in [0.2, 0.25) is 0 Å². The number of amides is 3. The van der Waals surface area contributed by atoms with Gasteiger partial charge in [-0.3, -0.25) is 9.69 Å². The Kier molecular flexibility index (Phi) is 3.68. The van der Waals surface area contributed by atoms with E-state index >= 15 is 0 Å². The Morgan fingerprint density at radius 1 is 1.05 bits per heavy atom. The smallest absolute Gasteiger partial charge is 0.325 e. The van der Waals surface area contributed by atoms with Gasteiger partial charge in [-0.05, 0) is 37.1 Å². The summed E-state index contributed by atoms with van der Waals surface area (Å²) in [6.07, 6.45) is 2.13. The first-order valence-corrected chi connectivity index (χ1v) is 7.35. The number of likely N-dealkylation sites (tertiary alicyclic amines) is 1. The largest absolute Gasteiger partial charge is 0.399 e. The van der Waals surface area contributed by atoms with Gasteiger partial charge in [-0.2, -0.15) is 0 Å². The van der Waals surface area contributed by atoms with Gasteiger partial charge in [-0.25, -0.2) is 4.79 Å². The first-order valence-electron chi connectivity index (χ1n) is 7.35. The van der Waals surface area contributed by atoms with Gasteiger partial charge < -0.3 is 15.5 Å². The van der Waals surface area contributed by atoms with Gasteiger partial charge in [0.05, 0.1) is 0 Å². The van der Waals surface area contributed by atoms with Crippen molar-refractivity contribution >= 4 is 23.3 Å². The van der Waals surface area contributed by atoms with Gasteiger partial charge in [0.25, 0.3) is 0 Å². The number of carbonyl (C=O) groups excluding carboxylic acids is 2. The fourth-order valence-electron chi connectivity index (χ4n) is 2.85. The van der Waals surface area contributed by atoms with Crippen molar-refractivity contribution in [2.75, 3.05) is 43.4 Å². The van der Waals surface area contributed by atoms with E-state index in [4.69, 9.17) is 5.73 Å². The molecule has 2 heterocycles. The number of nitrogens with two attached hydrogens (primary N) is 1. The Labute approximate surface area is 124 Å². The summed E-state index contributed by atoms with van der Waals surface area (Å²) >= 11 is 0. The van der Waals surface area contributed by atoms with Gasteiger partial charge in [-0.1, -0.05) is 0 Å². The zero-order valence-corrected chi connectivity index (χ0v) is 12.0. The van der Waals surface area contributed by atoms with Gasteiger partial charge >= 0.3 is 6.03 Å². The maximum atomic E-state index is 12.4. The summed E-state index contributed by atoms with van der Waals surface area (Å²) < 4.78 is 0. The minimum Gasteiger partial charge on any atom is -0.399 e. The predicted octanol–water partition coefficient (Wildman–Crippen LogP) is 1.13. The normalized spacial score (nSPS) is 18.7. The maximum Gasteiger partial charge on any atom is 0.325 e. The quantitative estimate of drug-likeness (QED) is 0.848. The molecular formula is C15H20N4O2. The number of nitrogen functional groups attached to an aromatic ring is 1. The Morgan fingerprint density at radius 2 is 1.71 bits per heavy atom. The van der Waals surface area contributed by atoms with Crippen molar-refractivity contribution in [3.8, 4) is 0 Å². The molecule has 0 aliphatic carbocycles. The fraction of sp³-hybridized carbons (Fsp3) is 0.467. The summed E-state index contributed by atoms with van der Waals surface area (Å²) in [4.78, 5) is 29.7. The highest BCUT2D eigenvalue weighted by molar-refractivity contribution is 5.96. The van der Waals surface area contributed by atoms with Crippen LogP contribution in [0.3, 0.4) is 0 Å². The van der Waals surface area contributed by atoms with E-state index < -0.39 is 0 Å². The molecule has 0 unspecified atom stereocenters. The van der Waals surface area contributed by atoms with E-state index in [9.17, 15) is 9.59 Å². The first-order chi connectivity index (χ1) is 10.1. The summed E-state index contributed by atoms with van der Waals surface area (Å²) in [6, 6.07) is 7.12. The van der Waals surface area contributed by atoms with Crippen molar-refractivity contribution in [2.24, 2.45) is 0 Å². The fourth-order valence-corrected chi connectivity index (χ4v) is 2.85. The summed E-state index contributed by atoms with van der Waals surface area (Å²) in [5, 5.41) is 0. The number of rotatable bonds is 3. The average Bonchev–Trinajstić information content (AvgIpc) is 3.11. The van der Waals surface area contributed by atoms with Crippen LogP contribution in [0.1, 0.15) is 12.8 Å². The lowest BCUT2D eigenvalue weighted by Gasteiger charge is -2.21. The van der Waals surface area contributed by atoms with Crippen LogP contribution in [-0.4, -0.2) is 54.5 Å². The number of anilines is 2. The molecule has 0 aromatic heterocycles. The van der Waals surface area contributed by atoms with Crippen molar-refractivity contribution in [1.82, 2.24) is 9.80 Å². The third kappa shape index (κ3) is 2.79. The number of nitrogens with zero attached hydrogens (tertiary/aromatic N) is 3. The Bertz CT molecular complexity index is 537. The highest BCUT2D eigenvalue weighted by Gasteiger charge is 2.32. The van der Waals surface area contributed by atoms with Crippen LogP contribution in [0.25, 0.3) is 0 Å². The molecule has 2 fully saturated rings. The Morgan fingerprint density at radius 3 is 2.38 bits per heavy atom. The van der Waals surface area contributed by atoms with Crippen molar-refractivity contribution in [2.45, 2.75) is 12.8 Å². The standard InChI is InChI=1S/C15H20N4O2/c16-12-3-5-13(6-4-12)19-10-9-18(15(19)21)11-14(20)17-7-1-2-8-17/h3-6H,1-2,7-11,16H2. The second kappa shape index (κ2) is 5.63. The van der Waals surface area contributed by atoms with Crippen LogP contribution >= 0.6 is 0 Å². The molecule has 21 heavy (non-hydrogen) atoms. The molecule has 1 aromatic rings. The summed E-state index contributed by atoms with van der Waals surface area (Å²) in [7, 11) is 0. The highest BCUT2D eigenvalue weighted by atomic mass is 16.2. The average molecular weight is 288 g/mol. The predicted molar refractivity (Wildman–Crippen MR) is 81.0 cm³/mol. The van der Waals surface area contributed by atoms with Crippen molar-refractivity contribution in [3.05, 3.63) is 24.3 Å². The molecule has 3 rings (SSSR count). The molecule has 0 saturated carbocycles. The van der Waals surface area contributed by atoms with E-state index in [0.717, 1.165) is 31.6 Å². The molecular weight excluding hydrogens is 268 g/mol. The zero-order valence-electron chi connectivity index (χ0n) is 12.0. The number of hydrogen-bond donors (Lipinski definition) is 1. The minimum absolute atomic E-state index is 0.0556. The minimum atomic E-state index is -0.104. The number of urea groups is 1. The lowest BCUT2D eigenvalue weighted by molar-refractivity contribution is -0.130. The lowest BCUT2D eigenvalue weighted by Crippen LogP contribution is -2.41. The van der Waals surface area contributed by atoms with E-state index in [1.807, 2.05) is 17.0 Å². The molecule has 0 radical (unpaired) electrons. The van der Waals surface area contributed by atoms with Crippen molar-refractivity contribution < 1.29 is 9.59 Å². The highest BCUT2D eigenvalue weighted by Crippen LogP contribution is 2.21. The molecule has 6 nitrogen and oxygen atoms in total. The van der Waals surface area contributed by atoms with Crippen molar-refractivity contribution in [1.29, 1.82) is 0 Å². The maximum absolute atomic E-state index is 12.4. The van der Waals surface area contributed by atoms with Crippen LogP contribution in [0.15, 0.2) is 24.3 Å². The topological polar surface area (TPSA) is 69.9 Å². The Balaban J connectivity index is 1.63. The summed E-state index contributed by atoms with van der Waals surface area (Å²) in [5.74, 6) is 0.0556. The third-order valence-electron chi connectivity index (χ3n) is 4.08. The molecule has 2 aliphatic heterocycles.